The van der Waals surface area contributed by atoms with Gasteiger partial charge in [0.05, 0.1) is 42.3 Å². The summed E-state index contributed by atoms with van der Waals surface area (Å²) in [4.78, 5) is 32.1. The van der Waals surface area contributed by atoms with Gasteiger partial charge in [-0.15, -0.1) is 0 Å². The van der Waals surface area contributed by atoms with Gasteiger partial charge in [0.2, 0.25) is 11.6 Å². The van der Waals surface area contributed by atoms with Crippen molar-refractivity contribution in [3.63, 3.8) is 0 Å². The van der Waals surface area contributed by atoms with E-state index in [-0.39, 0.29) is 44.6 Å². The van der Waals surface area contributed by atoms with E-state index in [9.17, 15) is 22.8 Å². The minimum atomic E-state index is -4.78. The monoisotopic (exact) mass is 565 g/mol. The highest BCUT2D eigenvalue weighted by Gasteiger charge is 2.37. The average Bonchev–Trinajstić information content (AvgIpc) is 2.96. The summed E-state index contributed by atoms with van der Waals surface area (Å²) in [5.74, 6) is -0.0227. The molecule has 0 aliphatic carbocycles. The minimum absolute atomic E-state index is 0.0228. The van der Waals surface area contributed by atoms with Gasteiger partial charge in [-0.25, -0.2) is 9.97 Å². The summed E-state index contributed by atoms with van der Waals surface area (Å²) < 4.78 is 55.3. The lowest BCUT2D eigenvalue weighted by Gasteiger charge is -2.19. The van der Waals surface area contributed by atoms with Gasteiger partial charge in [0.25, 0.3) is 5.56 Å². The third-order valence-corrected chi connectivity index (χ3v) is 6.74. The first kappa shape index (κ1) is 26.9. The normalized spacial score (nSPS) is 11.4. The van der Waals surface area contributed by atoms with Crippen LogP contribution in [0.15, 0.2) is 77.9 Å². The van der Waals surface area contributed by atoms with E-state index >= 15 is 0 Å². The third kappa shape index (κ3) is 4.66. The number of nitrogens with zero attached hydrogens (tertiary/aromatic N) is 3. The van der Waals surface area contributed by atoms with Crippen molar-refractivity contribution in [3.8, 4) is 45.1 Å². The molecule has 11 heteroatoms. The molecular formula is C29H19ClF3N3O4. The van der Waals surface area contributed by atoms with Gasteiger partial charge in [0, 0.05) is 22.9 Å². The molecule has 3 aromatic heterocycles. The van der Waals surface area contributed by atoms with Crippen LogP contribution in [0.4, 0.5) is 13.2 Å². The molecule has 0 aliphatic rings. The fourth-order valence-electron chi connectivity index (χ4n) is 4.48. The van der Waals surface area contributed by atoms with Crippen LogP contribution in [0.25, 0.3) is 39.2 Å². The Balaban J connectivity index is 1.70. The first-order valence-electron chi connectivity index (χ1n) is 11.7. The van der Waals surface area contributed by atoms with Crippen molar-refractivity contribution < 1.29 is 27.4 Å². The summed E-state index contributed by atoms with van der Waals surface area (Å²) in [6.45, 7) is 0. The molecule has 0 bridgehead atoms. The van der Waals surface area contributed by atoms with Gasteiger partial charge in [-0.2, -0.15) is 13.2 Å². The zero-order valence-corrected chi connectivity index (χ0v) is 21.7. The smallest absolute Gasteiger partial charge is 0.417 e. The SMILES string of the molecule is COc1nc(-c2cccc(-c3cccc(-c4ccn5c(=O)c(OC)cnc5c4)c3Cl)c2C(F)(F)F)ccc1C=O. The summed E-state index contributed by atoms with van der Waals surface area (Å²) in [5.41, 5.74) is -0.181. The minimum Gasteiger partial charge on any atom is -0.490 e. The van der Waals surface area contributed by atoms with E-state index in [0.717, 1.165) is 0 Å². The van der Waals surface area contributed by atoms with Crippen LogP contribution >= 0.6 is 11.6 Å². The van der Waals surface area contributed by atoms with Crippen LogP contribution in [-0.4, -0.2) is 34.9 Å². The molecule has 0 amide bonds. The Hall–Kier alpha value is -4.70. The molecule has 0 aliphatic heterocycles. The van der Waals surface area contributed by atoms with Crippen molar-refractivity contribution in [2.24, 2.45) is 0 Å². The Morgan fingerprint density at radius 1 is 0.925 bits per heavy atom. The second kappa shape index (κ2) is 10.5. The molecule has 0 N–H and O–H groups in total. The second-order valence-corrected chi connectivity index (χ2v) is 8.96. The van der Waals surface area contributed by atoms with Gasteiger partial charge in [0.15, 0.2) is 6.29 Å². The zero-order chi connectivity index (χ0) is 28.6. The number of halogens is 4. The van der Waals surface area contributed by atoms with E-state index in [1.165, 1.54) is 67.4 Å². The van der Waals surface area contributed by atoms with Gasteiger partial charge in [-0.3, -0.25) is 14.0 Å². The predicted molar refractivity (Wildman–Crippen MR) is 144 cm³/mol. The summed E-state index contributed by atoms with van der Waals surface area (Å²) in [5, 5.41) is 0.0761. The lowest BCUT2D eigenvalue weighted by Crippen LogP contribution is -2.16. The van der Waals surface area contributed by atoms with Gasteiger partial charge in [-0.1, -0.05) is 48.0 Å². The molecule has 5 aromatic rings. The van der Waals surface area contributed by atoms with Crippen molar-refractivity contribution >= 4 is 23.5 Å². The highest BCUT2D eigenvalue weighted by Crippen LogP contribution is 2.46. The van der Waals surface area contributed by atoms with Crippen molar-refractivity contribution in [1.29, 1.82) is 0 Å². The lowest BCUT2D eigenvalue weighted by molar-refractivity contribution is -0.136. The number of carbonyl (C=O) groups excluding carboxylic acids is 1. The highest BCUT2D eigenvalue weighted by atomic mass is 35.5. The largest absolute Gasteiger partial charge is 0.490 e. The van der Waals surface area contributed by atoms with Crippen molar-refractivity contribution in [2.75, 3.05) is 14.2 Å². The molecular weight excluding hydrogens is 547 g/mol. The Bertz CT molecular complexity index is 1840. The molecule has 7 nitrogen and oxygen atoms in total. The number of hydrogen-bond donors (Lipinski definition) is 0. The fraction of sp³-hybridized carbons (Fsp3) is 0.103. The number of hydrogen-bond acceptors (Lipinski definition) is 6. The standard InChI is InChI=1S/C29H19ClF3N3O4/c1-39-23-14-34-24-13-16(11-12-36(24)28(23)38)18-5-3-7-20(26(18)30)19-6-4-8-21(25(19)29(31,32)33)22-10-9-17(15-37)27(35-22)40-2/h3-15H,1-2H3. The average molecular weight is 566 g/mol. The molecule has 3 heterocycles. The molecule has 0 unspecified atom stereocenters. The van der Waals surface area contributed by atoms with Crippen LogP contribution in [0.3, 0.4) is 0 Å². The van der Waals surface area contributed by atoms with E-state index in [2.05, 4.69) is 9.97 Å². The Morgan fingerprint density at radius 3 is 2.30 bits per heavy atom. The van der Waals surface area contributed by atoms with Gasteiger partial charge in [0.1, 0.15) is 5.65 Å². The number of methoxy groups -OCH3 is 2. The number of carbonyl (C=O) groups is 1. The maximum Gasteiger partial charge on any atom is 0.417 e. The number of benzene rings is 2. The van der Waals surface area contributed by atoms with Crippen molar-refractivity contribution in [1.82, 2.24) is 14.4 Å². The summed E-state index contributed by atoms with van der Waals surface area (Å²) >= 11 is 6.76. The molecule has 0 atom stereocenters. The molecule has 40 heavy (non-hydrogen) atoms. The zero-order valence-electron chi connectivity index (χ0n) is 21.0. The number of rotatable bonds is 6. The molecule has 2 aromatic carbocycles. The summed E-state index contributed by atoms with van der Waals surface area (Å²) in [7, 11) is 2.64. The van der Waals surface area contributed by atoms with Crippen molar-refractivity contribution in [2.45, 2.75) is 6.18 Å². The van der Waals surface area contributed by atoms with Gasteiger partial charge < -0.3 is 9.47 Å². The van der Waals surface area contributed by atoms with Crippen LogP contribution in [0.5, 0.6) is 11.6 Å². The molecule has 0 saturated heterocycles. The second-order valence-electron chi connectivity index (χ2n) is 8.58. The molecule has 5 rings (SSSR count). The lowest BCUT2D eigenvalue weighted by atomic mass is 9.91. The Labute approximate surface area is 230 Å². The number of aldehydes is 1. The number of aromatic nitrogens is 3. The first-order chi connectivity index (χ1) is 19.2. The number of fused-ring (bicyclic) bond motifs is 1. The van der Waals surface area contributed by atoms with E-state index in [0.29, 0.717) is 23.1 Å². The van der Waals surface area contributed by atoms with Gasteiger partial charge in [-0.05, 0) is 35.4 Å². The van der Waals surface area contributed by atoms with Crippen LogP contribution < -0.4 is 15.0 Å². The highest BCUT2D eigenvalue weighted by molar-refractivity contribution is 6.36. The maximum absolute atomic E-state index is 14.6. The van der Waals surface area contributed by atoms with Crippen LogP contribution in [0.2, 0.25) is 5.02 Å². The van der Waals surface area contributed by atoms with E-state index in [1.54, 1.807) is 24.3 Å². The van der Waals surface area contributed by atoms with Crippen LogP contribution in [0.1, 0.15) is 15.9 Å². The van der Waals surface area contributed by atoms with Gasteiger partial charge >= 0.3 is 6.18 Å². The Kier molecular flexibility index (Phi) is 7.03. The maximum atomic E-state index is 14.6. The molecule has 202 valence electrons. The number of alkyl halides is 3. The molecule has 0 fully saturated rings. The molecule has 0 radical (unpaired) electrons. The van der Waals surface area contributed by atoms with E-state index < -0.39 is 17.3 Å². The third-order valence-electron chi connectivity index (χ3n) is 6.33. The van der Waals surface area contributed by atoms with E-state index in [1.807, 2.05) is 0 Å². The predicted octanol–water partition coefficient (Wildman–Crippen LogP) is 6.59. The first-order valence-corrected chi connectivity index (χ1v) is 12.1. The number of pyridine rings is 2. The molecule has 0 spiro atoms. The summed E-state index contributed by atoms with van der Waals surface area (Å²) in [6.07, 6.45) is -1.48. The van der Waals surface area contributed by atoms with E-state index in [4.69, 9.17) is 21.1 Å². The quantitative estimate of drug-likeness (QED) is 0.216. The Morgan fingerprint density at radius 2 is 1.62 bits per heavy atom. The van der Waals surface area contributed by atoms with Crippen LogP contribution in [-0.2, 0) is 6.18 Å². The topological polar surface area (TPSA) is 82.8 Å². The summed E-state index contributed by atoms with van der Waals surface area (Å²) in [6, 6.07) is 14.8. The van der Waals surface area contributed by atoms with Crippen LogP contribution in [0, 0.1) is 0 Å². The number of ether oxygens (including phenoxy) is 2. The fourth-order valence-corrected chi connectivity index (χ4v) is 4.82. The van der Waals surface area contributed by atoms with Crippen molar-refractivity contribution in [3.05, 3.63) is 99.6 Å². The molecule has 0 saturated carbocycles.